The first-order valence-electron chi connectivity index (χ1n) is 3.90. The molecule has 0 N–H and O–H groups in total. The maximum absolute atomic E-state index is 6.37. The molecule has 0 radical (unpaired) electrons. The summed E-state index contributed by atoms with van der Waals surface area (Å²) in [5.74, 6) is 0. The zero-order chi connectivity index (χ0) is 9.19. The molecule has 0 atom stereocenters. The van der Waals surface area contributed by atoms with E-state index in [0.717, 1.165) is 4.25 Å². The molecule has 0 unspecified atom stereocenters. The normalized spacial score (nSPS) is 18.1. The van der Waals surface area contributed by atoms with E-state index in [1.165, 1.54) is 0 Å². The second kappa shape index (κ2) is 4.41. The van der Waals surface area contributed by atoms with Crippen molar-refractivity contribution in [2.75, 3.05) is 18.3 Å². The van der Waals surface area contributed by atoms with Crippen LogP contribution in [0.15, 0.2) is 24.3 Å². The monoisotopic (exact) mass is 283 g/mol. The van der Waals surface area contributed by atoms with Crippen molar-refractivity contribution in [3.8, 4) is 0 Å². The third-order valence-corrected chi connectivity index (χ3v) is 12.1. The van der Waals surface area contributed by atoms with Crippen LogP contribution in [-0.2, 0) is 17.9 Å². The van der Waals surface area contributed by atoms with E-state index in [4.69, 9.17) is 17.0 Å². The molecule has 0 aromatic heterocycles. The Morgan fingerprint density at radius 1 is 1.25 bits per heavy atom. The van der Waals surface area contributed by atoms with Crippen molar-refractivity contribution in [1.82, 2.24) is 4.90 Å². The summed E-state index contributed by atoms with van der Waals surface area (Å²) >= 11 is -2.87. The van der Waals surface area contributed by atoms with Gasteiger partial charge in [0.05, 0.1) is 0 Å². The number of halogens is 2. The quantitative estimate of drug-likeness (QED) is 0.770. The van der Waals surface area contributed by atoms with Crippen molar-refractivity contribution >= 4 is 17.0 Å². The Morgan fingerprint density at radius 2 is 1.75 bits per heavy atom. The molecular weight excluding hydrogens is 272 g/mol. The van der Waals surface area contributed by atoms with Gasteiger partial charge in [-0.2, -0.15) is 0 Å². The van der Waals surface area contributed by atoms with E-state index in [0.29, 0.717) is 3.63 Å². The van der Waals surface area contributed by atoms with Crippen molar-refractivity contribution in [2.45, 2.75) is 3.63 Å². The van der Waals surface area contributed by atoms with Gasteiger partial charge in [0, 0.05) is 0 Å². The molecule has 0 bridgehead atoms. The Labute approximate surface area is 85.5 Å². The maximum atomic E-state index is 6.37. The number of hydrogen-bond acceptors (Lipinski definition) is 1. The van der Waals surface area contributed by atoms with E-state index in [9.17, 15) is 0 Å². The van der Waals surface area contributed by atoms with Crippen molar-refractivity contribution < 1.29 is 17.9 Å². The molecule has 68 valence electrons. The first-order chi connectivity index (χ1) is 5.52. The van der Waals surface area contributed by atoms with Crippen LogP contribution in [0.2, 0.25) is 3.63 Å². The second-order valence-corrected chi connectivity index (χ2v) is 18.6. The molecule has 4 heteroatoms. The minimum absolute atomic E-state index is 0.352. The molecule has 1 rings (SSSR count). The first-order valence-corrected chi connectivity index (χ1v) is 13.4. The summed E-state index contributed by atoms with van der Waals surface area (Å²) in [4.78, 5) is 2.08. The molecule has 1 aliphatic carbocycles. The van der Waals surface area contributed by atoms with Crippen molar-refractivity contribution in [3.05, 3.63) is 24.3 Å². The molecule has 1 nitrogen and oxygen atoms in total. The average Bonchev–Trinajstić information content (AvgIpc) is 2.32. The fraction of sp³-hybridized carbons (Fsp3) is 0.500. The molecule has 0 spiro atoms. The summed E-state index contributed by atoms with van der Waals surface area (Å²) < 4.78 is 1.22. The number of nitrogens with zero attached hydrogens (tertiary/aromatic N) is 1. The summed E-state index contributed by atoms with van der Waals surface area (Å²) in [5, 5.41) is 0. The van der Waals surface area contributed by atoms with Gasteiger partial charge in [-0.05, 0) is 0 Å². The van der Waals surface area contributed by atoms with E-state index in [1.807, 2.05) is 26.2 Å². The third kappa shape index (κ3) is 2.99. The molecule has 0 aliphatic heterocycles. The fourth-order valence-electron chi connectivity index (χ4n) is 1.24. The van der Waals surface area contributed by atoms with Crippen LogP contribution in [0, 0.1) is 0 Å². The Bertz CT molecular complexity index is 199. The Morgan fingerprint density at radius 3 is 2.17 bits per heavy atom. The fourth-order valence-corrected chi connectivity index (χ4v) is 10.3. The van der Waals surface area contributed by atoms with E-state index in [-0.39, 0.29) is 0 Å². The van der Waals surface area contributed by atoms with E-state index in [2.05, 4.69) is 17.1 Å². The molecule has 0 saturated carbocycles. The molecule has 0 aromatic carbocycles. The first kappa shape index (κ1) is 11.0. The van der Waals surface area contributed by atoms with Crippen LogP contribution in [0.4, 0.5) is 0 Å². The van der Waals surface area contributed by atoms with Gasteiger partial charge in [-0.1, -0.05) is 0 Å². The number of allylic oxidation sites excluding steroid dienone is 4. The average molecular weight is 285 g/mol. The van der Waals surface area contributed by atoms with Gasteiger partial charge in [0.2, 0.25) is 0 Å². The Balaban J connectivity index is 2.58. The zero-order valence-electron chi connectivity index (χ0n) is 7.30. The molecule has 1 aliphatic rings. The third-order valence-electron chi connectivity index (χ3n) is 1.76. The van der Waals surface area contributed by atoms with Crippen LogP contribution in [0.25, 0.3) is 0 Å². The van der Waals surface area contributed by atoms with Gasteiger partial charge in [0.15, 0.2) is 0 Å². The standard InChI is InChI=1S/C5H5.C3H8N.2ClH.Zr/c1-2-4-5-3-1;1-4(2)3;;;/h1-5H;1H2,2-3H3;2*1H;/q;;;;+2/p-2. The van der Waals surface area contributed by atoms with E-state index in [1.54, 1.807) is 0 Å². The van der Waals surface area contributed by atoms with E-state index < -0.39 is 17.9 Å². The van der Waals surface area contributed by atoms with Crippen molar-refractivity contribution in [2.24, 2.45) is 0 Å². The zero-order valence-corrected chi connectivity index (χ0v) is 11.3. The molecule has 0 heterocycles. The van der Waals surface area contributed by atoms with Gasteiger partial charge in [-0.15, -0.1) is 0 Å². The van der Waals surface area contributed by atoms with Gasteiger partial charge in [0.25, 0.3) is 0 Å². The Hall–Kier alpha value is 0.903. The molecule has 0 saturated heterocycles. The van der Waals surface area contributed by atoms with Crippen molar-refractivity contribution in [1.29, 1.82) is 0 Å². The Kier molecular flexibility index (Phi) is 4.04. The minimum atomic E-state index is -2.87. The summed E-state index contributed by atoms with van der Waals surface area (Å²) in [6, 6.07) is 0. The van der Waals surface area contributed by atoms with Gasteiger partial charge >= 0.3 is 86.1 Å². The van der Waals surface area contributed by atoms with Gasteiger partial charge in [0.1, 0.15) is 0 Å². The molecular formula is C8H13Cl2NZr. The molecule has 0 aromatic rings. The van der Waals surface area contributed by atoms with Gasteiger partial charge < -0.3 is 0 Å². The topological polar surface area (TPSA) is 3.24 Å². The van der Waals surface area contributed by atoms with Gasteiger partial charge in [-0.3, -0.25) is 0 Å². The summed E-state index contributed by atoms with van der Waals surface area (Å²) in [5.41, 5.74) is 0. The van der Waals surface area contributed by atoms with Crippen LogP contribution in [0.1, 0.15) is 0 Å². The predicted molar refractivity (Wildman–Crippen MR) is 52.3 cm³/mol. The molecule has 12 heavy (non-hydrogen) atoms. The van der Waals surface area contributed by atoms with E-state index >= 15 is 0 Å². The van der Waals surface area contributed by atoms with Crippen LogP contribution in [0.3, 0.4) is 0 Å². The van der Waals surface area contributed by atoms with Gasteiger partial charge in [-0.25, -0.2) is 0 Å². The SMILES string of the molecule is CN(C)[CH2][Zr]([Cl])([Cl])[CH]1C=CC=C1. The van der Waals surface area contributed by atoms with Crippen LogP contribution >= 0.6 is 17.0 Å². The van der Waals surface area contributed by atoms with Crippen LogP contribution in [-0.4, -0.2) is 23.2 Å². The summed E-state index contributed by atoms with van der Waals surface area (Å²) in [7, 11) is 16.8. The van der Waals surface area contributed by atoms with Crippen LogP contribution in [0.5, 0.6) is 0 Å². The van der Waals surface area contributed by atoms with Crippen LogP contribution < -0.4 is 0 Å². The number of rotatable bonds is 3. The molecule has 0 fully saturated rings. The molecule has 0 amide bonds. The predicted octanol–water partition coefficient (Wildman–Crippen LogP) is 2.88. The summed E-state index contributed by atoms with van der Waals surface area (Å²) in [6.45, 7) is 0. The number of hydrogen-bond donors (Lipinski definition) is 0. The second-order valence-electron chi connectivity index (χ2n) is 3.29. The summed E-state index contributed by atoms with van der Waals surface area (Å²) in [6.07, 6.45) is 8.27. The van der Waals surface area contributed by atoms with Crippen molar-refractivity contribution in [3.63, 3.8) is 0 Å².